The van der Waals surface area contributed by atoms with Crippen LogP contribution < -0.4 is 11.1 Å². The molecule has 0 amide bonds. The zero-order valence-corrected chi connectivity index (χ0v) is 11.6. The zero-order chi connectivity index (χ0) is 13.0. The molecule has 3 N–H and O–H groups in total. The first-order chi connectivity index (χ1) is 8.57. The molecule has 1 fully saturated rings. The lowest BCUT2D eigenvalue weighted by Crippen LogP contribution is -2.53. The number of rotatable bonds is 5. The second-order valence-corrected chi connectivity index (χ2v) is 6.13. The maximum atomic E-state index is 6.49. The molecule has 3 heteroatoms. The highest BCUT2D eigenvalue weighted by Crippen LogP contribution is 2.29. The Morgan fingerprint density at radius 3 is 3.11 bits per heavy atom. The summed E-state index contributed by atoms with van der Waals surface area (Å²) in [7, 11) is 0. The summed E-state index contributed by atoms with van der Waals surface area (Å²) < 4.78 is 5.37. The summed E-state index contributed by atoms with van der Waals surface area (Å²) in [6, 6.07) is 4.38. The quantitative estimate of drug-likeness (QED) is 0.845. The molecule has 102 valence electrons. The summed E-state index contributed by atoms with van der Waals surface area (Å²) in [5.74, 6) is 1.81. The lowest BCUT2D eigenvalue weighted by atomic mass is 9.77. The second kappa shape index (κ2) is 5.89. The van der Waals surface area contributed by atoms with Crippen LogP contribution in [0.2, 0.25) is 0 Å². The van der Waals surface area contributed by atoms with Gasteiger partial charge in [0.25, 0.3) is 0 Å². The fraction of sp³-hybridized carbons (Fsp3) is 0.733. The Bertz CT molecular complexity index is 349. The molecule has 0 saturated heterocycles. The summed E-state index contributed by atoms with van der Waals surface area (Å²) in [4.78, 5) is 0. The first kappa shape index (κ1) is 13.6. The summed E-state index contributed by atoms with van der Waals surface area (Å²) in [6.07, 6.45) is 7.56. The van der Waals surface area contributed by atoms with E-state index >= 15 is 0 Å². The molecule has 18 heavy (non-hydrogen) atoms. The van der Waals surface area contributed by atoms with Gasteiger partial charge in [0.05, 0.1) is 6.26 Å². The molecule has 1 aliphatic carbocycles. The maximum Gasteiger partial charge on any atom is 0.105 e. The third-order valence-corrected chi connectivity index (χ3v) is 4.02. The summed E-state index contributed by atoms with van der Waals surface area (Å²) in [6.45, 7) is 5.42. The lowest BCUT2D eigenvalue weighted by molar-refractivity contribution is 0.223. The molecule has 0 aromatic carbocycles. The van der Waals surface area contributed by atoms with Crippen LogP contribution >= 0.6 is 0 Å². The number of nitrogens with two attached hydrogens (primary N) is 1. The molecule has 0 aliphatic heterocycles. The lowest BCUT2D eigenvalue weighted by Gasteiger charge is -2.37. The molecule has 3 atom stereocenters. The smallest absolute Gasteiger partial charge is 0.105 e. The molecule has 1 saturated carbocycles. The minimum Gasteiger partial charge on any atom is -0.469 e. The van der Waals surface area contributed by atoms with Crippen LogP contribution in [0, 0.1) is 5.92 Å². The second-order valence-electron chi connectivity index (χ2n) is 6.13. The molecule has 3 nitrogen and oxygen atoms in total. The maximum absolute atomic E-state index is 6.49. The van der Waals surface area contributed by atoms with Gasteiger partial charge < -0.3 is 15.5 Å². The first-order valence-electron chi connectivity index (χ1n) is 7.12. The van der Waals surface area contributed by atoms with Crippen LogP contribution in [0.4, 0.5) is 0 Å². The van der Waals surface area contributed by atoms with E-state index in [1.165, 1.54) is 12.8 Å². The normalized spacial score (nSPS) is 30.3. The standard InChI is InChI=1S/C15H26N2O/c1-12-5-3-7-15(16,10-12)11-17-13(2)9-14-6-4-8-18-14/h4,6,8,12-13,17H,3,5,7,9-11,16H2,1-2H3. The monoisotopic (exact) mass is 250 g/mol. The van der Waals surface area contributed by atoms with E-state index in [2.05, 4.69) is 19.2 Å². The fourth-order valence-corrected chi connectivity index (χ4v) is 3.04. The van der Waals surface area contributed by atoms with Gasteiger partial charge in [0, 0.05) is 24.5 Å². The number of furan rings is 1. The van der Waals surface area contributed by atoms with Crippen molar-refractivity contribution in [2.24, 2.45) is 11.7 Å². The van der Waals surface area contributed by atoms with E-state index in [0.29, 0.717) is 6.04 Å². The SMILES string of the molecule is CC1CCCC(N)(CNC(C)Cc2ccco2)C1. The van der Waals surface area contributed by atoms with Gasteiger partial charge in [-0.1, -0.05) is 19.8 Å². The predicted molar refractivity (Wildman–Crippen MR) is 74.4 cm³/mol. The van der Waals surface area contributed by atoms with Crippen molar-refractivity contribution in [1.82, 2.24) is 5.32 Å². The van der Waals surface area contributed by atoms with Crippen molar-refractivity contribution < 1.29 is 4.42 Å². The Hall–Kier alpha value is -0.800. The largest absolute Gasteiger partial charge is 0.469 e. The van der Waals surface area contributed by atoms with Gasteiger partial charge in [-0.15, -0.1) is 0 Å². The topological polar surface area (TPSA) is 51.2 Å². The van der Waals surface area contributed by atoms with Crippen LogP contribution in [0.25, 0.3) is 0 Å². The molecule has 1 aromatic heterocycles. The zero-order valence-electron chi connectivity index (χ0n) is 11.6. The molecule has 2 rings (SSSR count). The number of nitrogens with one attached hydrogen (secondary N) is 1. The van der Waals surface area contributed by atoms with Crippen molar-refractivity contribution in [3.63, 3.8) is 0 Å². The van der Waals surface area contributed by atoms with E-state index in [4.69, 9.17) is 10.2 Å². The van der Waals surface area contributed by atoms with Crippen LogP contribution in [0.1, 0.15) is 45.3 Å². The van der Waals surface area contributed by atoms with Gasteiger partial charge in [0.15, 0.2) is 0 Å². The van der Waals surface area contributed by atoms with Gasteiger partial charge in [0.2, 0.25) is 0 Å². The molecule has 0 spiro atoms. The summed E-state index contributed by atoms with van der Waals surface area (Å²) in [5, 5.41) is 3.57. The highest BCUT2D eigenvalue weighted by atomic mass is 16.3. The number of hydrogen-bond acceptors (Lipinski definition) is 3. The molecule has 1 aromatic rings. The van der Waals surface area contributed by atoms with Crippen molar-refractivity contribution in [2.75, 3.05) is 6.54 Å². The van der Waals surface area contributed by atoms with Crippen molar-refractivity contribution in [3.8, 4) is 0 Å². The Morgan fingerprint density at radius 2 is 2.44 bits per heavy atom. The fourth-order valence-electron chi connectivity index (χ4n) is 3.04. The van der Waals surface area contributed by atoms with E-state index < -0.39 is 0 Å². The van der Waals surface area contributed by atoms with Crippen molar-refractivity contribution in [3.05, 3.63) is 24.2 Å². The summed E-state index contributed by atoms with van der Waals surface area (Å²) >= 11 is 0. The average molecular weight is 250 g/mol. The van der Waals surface area contributed by atoms with E-state index in [1.807, 2.05) is 12.1 Å². The van der Waals surface area contributed by atoms with Gasteiger partial charge >= 0.3 is 0 Å². The van der Waals surface area contributed by atoms with Gasteiger partial charge in [-0.25, -0.2) is 0 Å². The van der Waals surface area contributed by atoms with Gasteiger partial charge in [-0.05, 0) is 37.8 Å². The highest BCUT2D eigenvalue weighted by Gasteiger charge is 2.30. The van der Waals surface area contributed by atoms with Crippen molar-refractivity contribution >= 4 is 0 Å². The molecular formula is C15H26N2O. The Balaban J connectivity index is 1.76. The van der Waals surface area contributed by atoms with Crippen molar-refractivity contribution in [2.45, 2.75) is 57.5 Å². The van der Waals surface area contributed by atoms with Gasteiger partial charge in [0.1, 0.15) is 5.76 Å². The van der Waals surface area contributed by atoms with Gasteiger partial charge in [-0.2, -0.15) is 0 Å². The van der Waals surface area contributed by atoms with E-state index in [-0.39, 0.29) is 5.54 Å². The third-order valence-electron chi connectivity index (χ3n) is 4.02. The Labute approximate surface area is 110 Å². The van der Waals surface area contributed by atoms with E-state index in [9.17, 15) is 0 Å². The van der Waals surface area contributed by atoms with Crippen LogP contribution in [-0.4, -0.2) is 18.1 Å². The van der Waals surface area contributed by atoms with E-state index in [1.54, 1.807) is 6.26 Å². The van der Waals surface area contributed by atoms with Crippen molar-refractivity contribution in [1.29, 1.82) is 0 Å². The Morgan fingerprint density at radius 1 is 1.61 bits per heavy atom. The Kier molecular flexibility index (Phi) is 4.46. The molecule has 0 bridgehead atoms. The molecule has 3 unspecified atom stereocenters. The number of hydrogen-bond donors (Lipinski definition) is 2. The third kappa shape index (κ3) is 3.85. The van der Waals surface area contributed by atoms with Crippen LogP contribution in [0.15, 0.2) is 22.8 Å². The van der Waals surface area contributed by atoms with Crippen LogP contribution in [0.3, 0.4) is 0 Å². The van der Waals surface area contributed by atoms with E-state index in [0.717, 1.165) is 37.5 Å². The molecule has 0 radical (unpaired) electrons. The van der Waals surface area contributed by atoms with Gasteiger partial charge in [-0.3, -0.25) is 0 Å². The molecule has 1 aliphatic rings. The molecular weight excluding hydrogens is 224 g/mol. The van der Waals surface area contributed by atoms with Crippen LogP contribution in [0.5, 0.6) is 0 Å². The minimum absolute atomic E-state index is 0.00487. The molecule has 1 heterocycles. The summed E-state index contributed by atoms with van der Waals surface area (Å²) in [5.41, 5.74) is 6.48. The highest BCUT2D eigenvalue weighted by molar-refractivity contribution is 5.00. The predicted octanol–water partition coefficient (Wildman–Crippen LogP) is 2.71. The minimum atomic E-state index is -0.00487. The average Bonchev–Trinajstić information content (AvgIpc) is 2.79. The first-order valence-corrected chi connectivity index (χ1v) is 7.12. The van der Waals surface area contributed by atoms with Crippen LogP contribution in [-0.2, 0) is 6.42 Å².